The van der Waals surface area contributed by atoms with E-state index in [0.29, 0.717) is 0 Å². The third-order valence-corrected chi connectivity index (χ3v) is 3.53. The predicted molar refractivity (Wildman–Crippen MR) is 78.0 cm³/mol. The van der Waals surface area contributed by atoms with E-state index in [9.17, 15) is 4.79 Å². The van der Waals surface area contributed by atoms with E-state index in [4.69, 9.17) is 0 Å². The summed E-state index contributed by atoms with van der Waals surface area (Å²) in [6, 6.07) is 1.93. The number of nitrogens with one attached hydrogen (secondary N) is 1. The largest absolute Gasteiger partial charge is 0.328 e. The van der Waals surface area contributed by atoms with Crippen LogP contribution in [-0.4, -0.2) is 23.6 Å². The van der Waals surface area contributed by atoms with Crippen LogP contribution in [-0.2, 0) is 0 Å². The Hall–Kier alpha value is -1.97. The van der Waals surface area contributed by atoms with Crippen LogP contribution in [0.5, 0.6) is 0 Å². The maximum Gasteiger partial charge on any atom is 0.255 e. The molecule has 0 amide bonds. The Labute approximate surface area is 112 Å². The second-order valence-corrected chi connectivity index (χ2v) is 4.91. The molecule has 0 spiro atoms. The van der Waals surface area contributed by atoms with Crippen LogP contribution in [0.1, 0.15) is 43.2 Å². The van der Waals surface area contributed by atoms with Gasteiger partial charge < -0.3 is 4.98 Å². The summed E-state index contributed by atoms with van der Waals surface area (Å²) in [5.74, 6) is 0.722. The minimum Gasteiger partial charge on any atom is -0.328 e. The van der Waals surface area contributed by atoms with E-state index in [1.54, 1.807) is 6.20 Å². The van der Waals surface area contributed by atoms with Gasteiger partial charge >= 0.3 is 0 Å². The van der Waals surface area contributed by atoms with Gasteiger partial charge in [0.25, 0.3) is 5.56 Å². The number of aromatic nitrogens is 1. The van der Waals surface area contributed by atoms with Crippen molar-refractivity contribution in [1.29, 1.82) is 0 Å². The van der Waals surface area contributed by atoms with Crippen molar-refractivity contribution in [2.75, 3.05) is 6.54 Å². The first-order valence-electron chi connectivity index (χ1n) is 6.84. The van der Waals surface area contributed by atoms with Crippen LogP contribution in [0.15, 0.2) is 33.1 Å². The smallest absolute Gasteiger partial charge is 0.255 e. The Balaban J connectivity index is 2.00. The monoisotopic (exact) mass is 255 g/mol. The summed E-state index contributed by atoms with van der Waals surface area (Å²) in [4.78, 5) is 23.5. The van der Waals surface area contributed by atoms with E-state index in [-0.39, 0.29) is 5.56 Å². The van der Waals surface area contributed by atoms with Gasteiger partial charge in [-0.15, -0.1) is 0 Å². The predicted octanol–water partition coefficient (Wildman–Crippen LogP) is 2.55. The summed E-state index contributed by atoms with van der Waals surface area (Å²) in [6.45, 7) is 0.774. The number of rotatable bonds is 2. The third kappa shape index (κ3) is 2.57. The molecule has 0 unspecified atom stereocenters. The summed E-state index contributed by atoms with van der Waals surface area (Å²) in [6.07, 6.45) is 11.1. The summed E-state index contributed by atoms with van der Waals surface area (Å²) in [5.41, 5.74) is 2.82. The highest BCUT2D eigenvalue weighted by molar-refractivity contribution is 6.04. The van der Waals surface area contributed by atoms with Crippen LogP contribution >= 0.6 is 0 Å². The Morgan fingerprint density at radius 2 is 2.16 bits per heavy atom. The van der Waals surface area contributed by atoms with E-state index in [0.717, 1.165) is 54.8 Å². The zero-order valence-corrected chi connectivity index (χ0v) is 10.9. The quantitative estimate of drug-likeness (QED) is 0.867. The lowest BCUT2D eigenvalue weighted by molar-refractivity contribution is 0.741. The SMILES string of the molecule is O=c1[nH]cc(C2=NCCC=N2)cc1C1=CCCCC1. The van der Waals surface area contributed by atoms with E-state index in [2.05, 4.69) is 21.0 Å². The molecule has 3 rings (SSSR count). The molecule has 0 aromatic carbocycles. The lowest BCUT2D eigenvalue weighted by Crippen LogP contribution is -2.15. The first-order valence-corrected chi connectivity index (χ1v) is 6.84. The number of H-pyrrole nitrogens is 1. The van der Waals surface area contributed by atoms with Gasteiger partial charge in [0.15, 0.2) is 5.84 Å². The molecule has 0 atom stereocenters. The molecular formula is C15H17N3O. The zero-order valence-electron chi connectivity index (χ0n) is 10.9. The van der Waals surface area contributed by atoms with Crippen molar-refractivity contribution in [2.45, 2.75) is 32.1 Å². The lowest BCUT2D eigenvalue weighted by Gasteiger charge is -2.13. The molecule has 19 heavy (non-hydrogen) atoms. The molecule has 2 heterocycles. The molecule has 1 aromatic rings. The standard InChI is InChI=1S/C15H17N3O/c19-15-13(11-5-2-1-3-6-11)9-12(10-18-15)14-16-7-4-8-17-14/h5,7,9-10H,1-4,6,8H2,(H,18,19). The van der Waals surface area contributed by atoms with Crippen LogP contribution in [0, 0.1) is 0 Å². The van der Waals surface area contributed by atoms with Crippen LogP contribution in [0.25, 0.3) is 5.57 Å². The van der Waals surface area contributed by atoms with Gasteiger partial charge in [-0.05, 0) is 37.3 Å². The number of hydrogen-bond donors (Lipinski definition) is 1. The Bertz CT molecular complexity index is 623. The second-order valence-electron chi connectivity index (χ2n) is 4.91. The van der Waals surface area contributed by atoms with Crippen LogP contribution in [0.4, 0.5) is 0 Å². The van der Waals surface area contributed by atoms with Gasteiger partial charge in [0.2, 0.25) is 0 Å². The van der Waals surface area contributed by atoms with Gasteiger partial charge in [-0.2, -0.15) is 0 Å². The molecule has 0 saturated heterocycles. The van der Waals surface area contributed by atoms with Crippen molar-refractivity contribution < 1.29 is 0 Å². The molecule has 4 heteroatoms. The van der Waals surface area contributed by atoms with Crippen molar-refractivity contribution in [3.8, 4) is 0 Å². The number of nitrogens with zero attached hydrogens (tertiary/aromatic N) is 2. The summed E-state index contributed by atoms with van der Waals surface area (Å²) < 4.78 is 0. The molecule has 0 saturated carbocycles. The van der Waals surface area contributed by atoms with E-state index >= 15 is 0 Å². The molecule has 0 bridgehead atoms. The summed E-state index contributed by atoms with van der Waals surface area (Å²) >= 11 is 0. The maximum atomic E-state index is 12.0. The molecule has 0 radical (unpaired) electrons. The number of hydrogen-bond acceptors (Lipinski definition) is 3. The van der Waals surface area contributed by atoms with Gasteiger partial charge in [0.1, 0.15) is 0 Å². The molecule has 2 aliphatic rings. The van der Waals surface area contributed by atoms with Gasteiger partial charge in [-0.3, -0.25) is 9.79 Å². The molecule has 98 valence electrons. The van der Waals surface area contributed by atoms with E-state index in [1.165, 1.54) is 6.42 Å². The van der Waals surface area contributed by atoms with Crippen LogP contribution in [0.2, 0.25) is 0 Å². The van der Waals surface area contributed by atoms with Crippen LogP contribution < -0.4 is 5.56 Å². The fraction of sp³-hybridized carbons (Fsp3) is 0.400. The third-order valence-electron chi connectivity index (χ3n) is 3.53. The maximum absolute atomic E-state index is 12.0. The Morgan fingerprint density at radius 1 is 1.21 bits per heavy atom. The molecular weight excluding hydrogens is 238 g/mol. The second kappa shape index (κ2) is 5.34. The molecule has 1 aromatic heterocycles. The normalized spacial score (nSPS) is 18.9. The first-order chi connectivity index (χ1) is 9.34. The highest BCUT2D eigenvalue weighted by Gasteiger charge is 2.13. The highest BCUT2D eigenvalue weighted by Crippen LogP contribution is 2.25. The van der Waals surface area contributed by atoms with Gasteiger partial charge in [0.05, 0.1) is 0 Å². The minimum absolute atomic E-state index is 0.0164. The summed E-state index contributed by atoms with van der Waals surface area (Å²) in [7, 11) is 0. The van der Waals surface area contributed by atoms with Crippen molar-refractivity contribution in [1.82, 2.24) is 4.98 Å². The molecule has 1 aliphatic heterocycles. The minimum atomic E-state index is -0.0164. The Morgan fingerprint density at radius 3 is 2.89 bits per heavy atom. The topological polar surface area (TPSA) is 57.6 Å². The van der Waals surface area contributed by atoms with Crippen molar-refractivity contribution in [3.63, 3.8) is 0 Å². The summed E-state index contributed by atoms with van der Waals surface area (Å²) in [5, 5.41) is 0. The van der Waals surface area contributed by atoms with Crippen LogP contribution in [0.3, 0.4) is 0 Å². The molecule has 0 fully saturated rings. The van der Waals surface area contributed by atoms with Crippen molar-refractivity contribution in [2.24, 2.45) is 9.98 Å². The van der Waals surface area contributed by atoms with Gasteiger partial charge in [-0.1, -0.05) is 6.08 Å². The van der Waals surface area contributed by atoms with Crippen molar-refractivity contribution in [3.05, 3.63) is 39.8 Å². The van der Waals surface area contributed by atoms with Crippen molar-refractivity contribution >= 4 is 17.6 Å². The highest BCUT2D eigenvalue weighted by atomic mass is 16.1. The lowest BCUT2D eigenvalue weighted by atomic mass is 9.94. The number of aliphatic imine (C=N–C) groups is 2. The average Bonchev–Trinajstić information content (AvgIpc) is 2.49. The number of amidine groups is 1. The number of aromatic amines is 1. The molecule has 1 N–H and O–H groups in total. The van der Waals surface area contributed by atoms with Gasteiger partial charge in [0, 0.05) is 36.5 Å². The van der Waals surface area contributed by atoms with E-state index in [1.807, 2.05) is 12.3 Å². The average molecular weight is 255 g/mol. The molecule has 4 nitrogen and oxygen atoms in total. The Kier molecular flexibility index (Phi) is 3.40. The zero-order chi connectivity index (χ0) is 13.1. The van der Waals surface area contributed by atoms with Gasteiger partial charge in [-0.25, -0.2) is 4.99 Å². The fourth-order valence-electron chi connectivity index (χ4n) is 2.52. The number of pyridine rings is 1. The first kappa shape index (κ1) is 12.1. The molecule has 1 aliphatic carbocycles. The number of allylic oxidation sites excluding steroid dienone is 2. The van der Waals surface area contributed by atoms with E-state index < -0.39 is 0 Å². The fourth-order valence-corrected chi connectivity index (χ4v) is 2.52.